The maximum atomic E-state index is 12.8. The van der Waals surface area contributed by atoms with Crippen LogP contribution in [-0.2, 0) is 26.0 Å². The lowest BCUT2D eigenvalue weighted by Crippen LogP contribution is -2.45. The zero-order valence-corrected chi connectivity index (χ0v) is 18.2. The Hall–Kier alpha value is -2.91. The first-order valence-electron chi connectivity index (χ1n) is 10.2. The summed E-state index contributed by atoms with van der Waals surface area (Å²) in [5.74, 6) is -0.430. The fourth-order valence-corrected chi connectivity index (χ4v) is 4.97. The van der Waals surface area contributed by atoms with E-state index >= 15 is 0 Å². The molecule has 1 heterocycles. The minimum absolute atomic E-state index is 0.195. The molecule has 1 atom stereocenters. The van der Waals surface area contributed by atoms with E-state index in [2.05, 4.69) is 15.4 Å². The Morgan fingerprint density at radius 2 is 1.65 bits per heavy atom. The maximum Gasteiger partial charge on any atom is 0.407 e. The largest absolute Gasteiger partial charge is 0.453 e. The van der Waals surface area contributed by atoms with E-state index in [1.165, 1.54) is 23.5 Å². The molecule has 1 aliphatic heterocycles. The quantitative estimate of drug-likeness (QED) is 0.682. The second-order valence-electron chi connectivity index (χ2n) is 7.36. The summed E-state index contributed by atoms with van der Waals surface area (Å²) in [6.07, 6.45) is 2.34. The van der Waals surface area contributed by atoms with Gasteiger partial charge in [0.15, 0.2) is 0 Å². The van der Waals surface area contributed by atoms with Crippen molar-refractivity contribution < 1.29 is 22.7 Å². The predicted octanol–water partition coefficient (Wildman–Crippen LogP) is 2.77. The number of ether oxygens (including phenoxy) is 1. The van der Waals surface area contributed by atoms with E-state index in [0.717, 1.165) is 24.8 Å². The summed E-state index contributed by atoms with van der Waals surface area (Å²) in [5.41, 5.74) is 1.31. The van der Waals surface area contributed by atoms with E-state index in [4.69, 9.17) is 0 Å². The van der Waals surface area contributed by atoms with E-state index in [9.17, 15) is 18.0 Å². The molecule has 166 valence electrons. The highest BCUT2D eigenvalue weighted by atomic mass is 32.2. The van der Waals surface area contributed by atoms with Gasteiger partial charge in [0.2, 0.25) is 15.9 Å². The summed E-state index contributed by atoms with van der Waals surface area (Å²) >= 11 is 0. The van der Waals surface area contributed by atoms with Crippen molar-refractivity contribution in [1.82, 2.24) is 9.62 Å². The van der Waals surface area contributed by atoms with Crippen molar-refractivity contribution in [3.63, 3.8) is 0 Å². The number of carbonyl (C=O) groups excluding carboxylic acids is 2. The van der Waals surface area contributed by atoms with Crippen molar-refractivity contribution in [2.75, 3.05) is 25.5 Å². The molecule has 1 aliphatic rings. The number of nitrogens with zero attached hydrogens (tertiary/aromatic N) is 1. The highest BCUT2D eigenvalue weighted by Gasteiger charge is 2.26. The number of piperidine rings is 1. The Bertz CT molecular complexity index is 988. The highest BCUT2D eigenvalue weighted by molar-refractivity contribution is 7.89. The molecular weight excluding hydrogens is 418 g/mol. The lowest BCUT2D eigenvalue weighted by Gasteiger charge is -2.26. The van der Waals surface area contributed by atoms with Crippen LogP contribution in [0.25, 0.3) is 0 Å². The van der Waals surface area contributed by atoms with Crippen molar-refractivity contribution in [2.45, 2.75) is 36.6 Å². The topological polar surface area (TPSA) is 105 Å². The normalized spacial score (nSPS) is 15.6. The standard InChI is InChI=1S/C22H27N3O5S/c1-30-22(27)24-20(16-17-8-4-2-5-9-17)21(26)23-18-10-12-19(13-11-18)31(28,29)25-14-6-3-7-15-25/h2,4-5,8-13,20H,3,6-7,14-16H2,1H3,(H,23,26)(H,24,27). The molecule has 0 spiro atoms. The van der Waals surface area contributed by atoms with E-state index in [-0.39, 0.29) is 11.3 Å². The molecule has 2 N–H and O–H groups in total. The average Bonchev–Trinajstić information content (AvgIpc) is 2.80. The summed E-state index contributed by atoms with van der Waals surface area (Å²) in [7, 11) is -2.31. The summed E-state index contributed by atoms with van der Waals surface area (Å²) in [5, 5.41) is 5.27. The molecule has 2 aromatic rings. The fourth-order valence-electron chi connectivity index (χ4n) is 3.45. The number of sulfonamides is 1. The number of amides is 2. The van der Waals surface area contributed by atoms with Gasteiger partial charge in [0.25, 0.3) is 0 Å². The molecule has 3 rings (SSSR count). The van der Waals surface area contributed by atoms with Crippen molar-refractivity contribution in [3.8, 4) is 0 Å². The molecule has 0 aromatic heterocycles. The summed E-state index contributed by atoms with van der Waals surface area (Å²) in [6.45, 7) is 1.06. The Morgan fingerprint density at radius 3 is 2.26 bits per heavy atom. The summed E-state index contributed by atoms with van der Waals surface area (Å²) < 4.78 is 31.7. The second kappa shape index (κ2) is 10.4. The summed E-state index contributed by atoms with van der Waals surface area (Å²) in [6, 6.07) is 14.5. The number of anilines is 1. The second-order valence-corrected chi connectivity index (χ2v) is 9.29. The third kappa shape index (κ3) is 6.05. The van der Waals surface area contributed by atoms with Gasteiger partial charge in [-0.2, -0.15) is 4.31 Å². The van der Waals surface area contributed by atoms with Gasteiger partial charge in [-0.3, -0.25) is 4.79 Å². The van der Waals surface area contributed by atoms with Gasteiger partial charge in [0.05, 0.1) is 12.0 Å². The number of rotatable bonds is 7. The van der Waals surface area contributed by atoms with Gasteiger partial charge < -0.3 is 15.4 Å². The first kappa shape index (κ1) is 22.8. The van der Waals surface area contributed by atoms with Crippen molar-refractivity contribution in [3.05, 3.63) is 60.2 Å². The van der Waals surface area contributed by atoms with E-state index in [0.29, 0.717) is 18.8 Å². The van der Waals surface area contributed by atoms with Gasteiger partial charge >= 0.3 is 6.09 Å². The third-order valence-corrected chi connectivity index (χ3v) is 7.06. The Labute approximate surface area is 182 Å². The zero-order chi connectivity index (χ0) is 22.3. The van der Waals surface area contributed by atoms with Crippen LogP contribution in [-0.4, -0.2) is 51.0 Å². The van der Waals surface area contributed by atoms with Gasteiger partial charge in [-0.15, -0.1) is 0 Å². The number of nitrogens with one attached hydrogen (secondary N) is 2. The molecule has 31 heavy (non-hydrogen) atoms. The Kier molecular flexibility index (Phi) is 7.64. The first-order chi connectivity index (χ1) is 14.9. The zero-order valence-electron chi connectivity index (χ0n) is 17.4. The molecule has 9 heteroatoms. The van der Waals surface area contributed by atoms with Crippen LogP contribution >= 0.6 is 0 Å². The number of methoxy groups -OCH3 is 1. The SMILES string of the molecule is COC(=O)NC(Cc1ccccc1)C(=O)Nc1ccc(S(=O)(=O)N2CCCCC2)cc1. The fraction of sp³-hybridized carbons (Fsp3) is 0.364. The highest BCUT2D eigenvalue weighted by Crippen LogP contribution is 2.22. The lowest BCUT2D eigenvalue weighted by molar-refractivity contribution is -0.118. The van der Waals surface area contributed by atoms with Crippen molar-refractivity contribution in [2.24, 2.45) is 0 Å². The molecular formula is C22H27N3O5S. The number of hydrogen-bond acceptors (Lipinski definition) is 5. The Balaban J connectivity index is 1.70. The third-order valence-electron chi connectivity index (χ3n) is 5.15. The molecule has 0 radical (unpaired) electrons. The summed E-state index contributed by atoms with van der Waals surface area (Å²) in [4.78, 5) is 24.7. The smallest absolute Gasteiger partial charge is 0.407 e. The predicted molar refractivity (Wildman–Crippen MR) is 117 cm³/mol. The van der Waals surface area contributed by atoms with Crippen LogP contribution in [0.1, 0.15) is 24.8 Å². The van der Waals surface area contributed by atoms with Crippen LogP contribution in [0, 0.1) is 0 Å². The van der Waals surface area contributed by atoms with Crippen molar-refractivity contribution >= 4 is 27.7 Å². The number of alkyl carbamates (subject to hydrolysis) is 1. The number of hydrogen-bond donors (Lipinski definition) is 2. The van der Waals surface area contributed by atoms with E-state index < -0.39 is 28.1 Å². The van der Waals surface area contributed by atoms with Gasteiger partial charge in [0, 0.05) is 25.2 Å². The first-order valence-corrected chi connectivity index (χ1v) is 11.6. The van der Waals surface area contributed by atoms with Gasteiger partial charge in [-0.05, 0) is 42.7 Å². The Morgan fingerprint density at radius 1 is 1.00 bits per heavy atom. The lowest BCUT2D eigenvalue weighted by atomic mass is 10.1. The minimum Gasteiger partial charge on any atom is -0.453 e. The van der Waals surface area contributed by atoms with Crippen LogP contribution in [0.3, 0.4) is 0 Å². The molecule has 0 aliphatic carbocycles. The maximum absolute atomic E-state index is 12.8. The molecule has 1 saturated heterocycles. The number of benzene rings is 2. The molecule has 2 amide bonds. The molecule has 1 unspecified atom stereocenters. The van der Waals surface area contributed by atoms with Gasteiger partial charge in [-0.1, -0.05) is 36.8 Å². The molecule has 0 saturated carbocycles. The van der Waals surface area contributed by atoms with E-state index in [1.54, 1.807) is 12.1 Å². The average molecular weight is 446 g/mol. The molecule has 2 aromatic carbocycles. The van der Waals surface area contributed by atoms with Crippen molar-refractivity contribution in [1.29, 1.82) is 0 Å². The monoisotopic (exact) mass is 445 g/mol. The van der Waals surface area contributed by atoms with E-state index in [1.807, 2.05) is 30.3 Å². The van der Waals surface area contributed by atoms with Gasteiger partial charge in [-0.25, -0.2) is 13.2 Å². The molecule has 8 nitrogen and oxygen atoms in total. The van der Waals surface area contributed by atoms with Crippen LogP contribution in [0.4, 0.5) is 10.5 Å². The molecule has 1 fully saturated rings. The van der Waals surface area contributed by atoms with Crippen LogP contribution < -0.4 is 10.6 Å². The minimum atomic E-state index is -3.54. The van der Waals surface area contributed by atoms with Crippen LogP contribution in [0.15, 0.2) is 59.5 Å². The van der Waals surface area contributed by atoms with Gasteiger partial charge in [0.1, 0.15) is 6.04 Å². The number of carbonyl (C=O) groups is 2. The van der Waals surface area contributed by atoms with Crippen LogP contribution in [0.2, 0.25) is 0 Å². The van der Waals surface area contributed by atoms with Crippen LogP contribution in [0.5, 0.6) is 0 Å². The molecule has 0 bridgehead atoms.